The Kier molecular flexibility index (Phi) is 7.47. The van der Waals surface area contributed by atoms with Crippen molar-refractivity contribution in [2.75, 3.05) is 19.8 Å². The number of hydrogen-bond acceptors (Lipinski definition) is 5. The number of carboxylic acid groups (broad SMARTS) is 1. The van der Waals surface area contributed by atoms with Crippen LogP contribution < -0.4 is 10.6 Å². The van der Waals surface area contributed by atoms with E-state index in [9.17, 15) is 14.4 Å². The smallest absolute Gasteiger partial charge is 0.407 e. The van der Waals surface area contributed by atoms with E-state index in [-0.39, 0.29) is 30.8 Å². The summed E-state index contributed by atoms with van der Waals surface area (Å²) in [7, 11) is 0. The summed E-state index contributed by atoms with van der Waals surface area (Å²) in [6, 6.07) is 15.8. The first kappa shape index (κ1) is 23.8. The number of benzene rings is 2. The summed E-state index contributed by atoms with van der Waals surface area (Å²) in [5.74, 6) is -1.43. The monoisotopic (exact) mass is 466 g/mol. The van der Waals surface area contributed by atoms with Crippen LogP contribution in [0.25, 0.3) is 11.1 Å². The van der Waals surface area contributed by atoms with E-state index in [2.05, 4.69) is 34.9 Å². The SMILES string of the molecule is CCC(CNC(=O)OCC1c2ccccc2-c2ccccc21)CC(=O)NC1CCOC1C(=O)O. The molecule has 1 heterocycles. The van der Waals surface area contributed by atoms with Gasteiger partial charge in [-0.3, -0.25) is 4.79 Å². The van der Waals surface area contributed by atoms with Gasteiger partial charge in [0.2, 0.25) is 5.91 Å². The average Bonchev–Trinajstić information content (AvgIpc) is 3.43. The van der Waals surface area contributed by atoms with Crippen molar-refractivity contribution in [3.05, 3.63) is 59.7 Å². The van der Waals surface area contributed by atoms with Crippen LogP contribution in [-0.4, -0.2) is 55.0 Å². The van der Waals surface area contributed by atoms with Crippen LogP contribution in [0.15, 0.2) is 48.5 Å². The van der Waals surface area contributed by atoms with Gasteiger partial charge in [0.25, 0.3) is 0 Å². The molecule has 4 rings (SSSR count). The summed E-state index contributed by atoms with van der Waals surface area (Å²) in [6.45, 7) is 2.78. The minimum absolute atomic E-state index is 0.0123. The van der Waals surface area contributed by atoms with Crippen molar-refractivity contribution >= 4 is 18.0 Å². The molecule has 0 bridgehead atoms. The molecular formula is C26H30N2O6. The summed E-state index contributed by atoms with van der Waals surface area (Å²) in [5.41, 5.74) is 4.63. The molecule has 1 fully saturated rings. The fraction of sp³-hybridized carbons (Fsp3) is 0.423. The van der Waals surface area contributed by atoms with Gasteiger partial charge in [-0.25, -0.2) is 9.59 Å². The highest BCUT2D eigenvalue weighted by Crippen LogP contribution is 2.44. The van der Waals surface area contributed by atoms with Crippen molar-refractivity contribution in [3.63, 3.8) is 0 Å². The average molecular weight is 467 g/mol. The van der Waals surface area contributed by atoms with Gasteiger partial charge in [0.1, 0.15) is 6.61 Å². The van der Waals surface area contributed by atoms with E-state index in [1.165, 1.54) is 11.1 Å². The number of aliphatic carboxylic acids is 1. The Morgan fingerprint density at radius 2 is 1.74 bits per heavy atom. The second-order valence-electron chi connectivity index (χ2n) is 8.78. The fourth-order valence-electron chi connectivity index (χ4n) is 4.75. The van der Waals surface area contributed by atoms with E-state index in [4.69, 9.17) is 14.6 Å². The zero-order valence-corrected chi connectivity index (χ0v) is 19.2. The molecule has 2 amide bonds. The lowest BCUT2D eigenvalue weighted by molar-refractivity contribution is -0.148. The van der Waals surface area contributed by atoms with E-state index >= 15 is 0 Å². The molecule has 0 radical (unpaired) electrons. The lowest BCUT2D eigenvalue weighted by Gasteiger charge is -2.20. The molecule has 3 atom stereocenters. The van der Waals surface area contributed by atoms with Gasteiger partial charge in [-0.15, -0.1) is 0 Å². The maximum atomic E-state index is 12.4. The first-order valence-electron chi connectivity index (χ1n) is 11.7. The zero-order chi connectivity index (χ0) is 24.1. The van der Waals surface area contributed by atoms with Gasteiger partial charge in [0, 0.05) is 25.5 Å². The molecule has 1 aliphatic heterocycles. The molecule has 2 aromatic rings. The molecule has 0 aromatic heterocycles. The number of rotatable bonds is 9. The molecule has 3 N–H and O–H groups in total. The number of nitrogens with one attached hydrogen (secondary N) is 2. The van der Waals surface area contributed by atoms with Gasteiger partial charge in [-0.05, 0) is 34.6 Å². The highest BCUT2D eigenvalue weighted by Gasteiger charge is 2.35. The Morgan fingerprint density at radius 1 is 1.09 bits per heavy atom. The Labute approximate surface area is 198 Å². The Balaban J connectivity index is 1.26. The number of ether oxygens (including phenoxy) is 2. The third-order valence-corrected chi connectivity index (χ3v) is 6.61. The van der Waals surface area contributed by atoms with Crippen molar-refractivity contribution in [2.45, 2.75) is 44.2 Å². The molecule has 1 saturated heterocycles. The lowest BCUT2D eigenvalue weighted by atomic mass is 9.98. The molecule has 180 valence electrons. The van der Waals surface area contributed by atoms with Gasteiger partial charge in [-0.1, -0.05) is 61.9 Å². The van der Waals surface area contributed by atoms with Crippen LogP contribution in [0.5, 0.6) is 0 Å². The minimum Gasteiger partial charge on any atom is -0.479 e. The third kappa shape index (κ3) is 5.22. The number of fused-ring (bicyclic) bond motifs is 3. The van der Waals surface area contributed by atoms with E-state index in [0.717, 1.165) is 11.1 Å². The number of carboxylic acids is 1. The Bertz CT molecular complexity index is 1010. The molecule has 34 heavy (non-hydrogen) atoms. The maximum Gasteiger partial charge on any atom is 0.407 e. The van der Waals surface area contributed by atoms with E-state index in [0.29, 0.717) is 26.0 Å². The van der Waals surface area contributed by atoms with Gasteiger partial charge < -0.3 is 25.2 Å². The molecule has 2 aromatic carbocycles. The second-order valence-corrected chi connectivity index (χ2v) is 8.78. The molecule has 0 spiro atoms. The summed E-state index contributed by atoms with van der Waals surface area (Å²) in [4.78, 5) is 36.0. The van der Waals surface area contributed by atoms with E-state index in [1.807, 2.05) is 31.2 Å². The van der Waals surface area contributed by atoms with Crippen LogP contribution in [-0.2, 0) is 19.1 Å². The van der Waals surface area contributed by atoms with Gasteiger partial charge in [-0.2, -0.15) is 0 Å². The quantitative estimate of drug-likeness (QED) is 0.523. The van der Waals surface area contributed by atoms with Crippen LogP contribution in [0.1, 0.15) is 43.2 Å². The standard InChI is InChI=1S/C26H30N2O6/c1-2-16(13-23(29)28-22-11-12-33-24(22)25(30)31)14-27-26(32)34-15-21-19-9-5-3-7-17(19)18-8-4-6-10-20(18)21/h3-10,16,21-22,24H,2,11-15H2,1H3,(H,27,32)(H,28,29)(H,30,31). The van der Waals surface area contributed by atoms with Crippen molar-refractivity contribution in [1.82, 2.24) is 10.6 Å². The molecule has 2 aliphatic rings. The van der Waals surface area contributed by atoms with Crippen LogP contribution >= 0.6 is 0 Å². The Hall–Kier alpha value is -3.39. The summed E-state index contributed by atoms with van der Waals surface area (Å²) >= 11 is 0. The predicted molar refractivity (Wildman–Crippen MR) is 125 cm³/mol. The molecule has 8 heteroatoms. The molecule has 3 unspecified atom stereocenters. The van der Waals surface area contributed by atoms with Crippen molar-refractivity contribution in [1.29, 1.82) is 0 Å². The normalized spacial score (nSPS) is 19.7. The van der Waals surface area contributed by atoms with Gasteiger partial charge >= 0.3 is 12.1 Å². The van der Waals surface area contributed by atoms with Gasteiger partial charge in [0.15, 0.2) is 6.10 Å². The molecular weight excluding hydrogens is 436 g/mol. The van der Waals surface area contributed by atoms with E-state index in [1.54, 1.807) is 0 Å². The second kappa shape index (κ2) is 10.7. The maximum absolute atomic E-state index is 12.4. The highest BCUT2D eigenvalue weighted by molar-refractivity contribution is 5.80. The van der Waals surface area contributed by atoms with Crippen LogP contribution in [0.4, 0.5) is 4.79 Å². The fourth-order valence-corrected chi connectivity index (χ4v) is 4.75. The minimum atomic E-state index is -1.08. The third-order valence-electron chi connectivity index (χ3n) is 6.61. The number of carbonyl (C=O) groups is 3. The largest absolute Gasteiger partial charge is 0.479 e. The molecule has 8 nitrogen and oxygen atoms in total. The number of hydrogen-bond donors (Lipinski definition) is 3. The lowest BCUT2D eigenvalue weighted by Crippen LogP contribution is -2.45. The Morgan fingerprint density at radius 3 is 2.35 bits per heavy atom. The number of carbonyl (C=O) groups excluding carboxylic acids is 2. The van der Waals surface area contributed by atoms with Crippen molar-refractivity contribution in [3.8, 4) is 11.1 Å². The first-order valence-corrected chi connectivity index (χ1v) is 11.7. The van der Waals surface area contributed by atoms with Crippen LogP contribution in [0, 0.1) is 5.92 Å². The number of amides is 2. The van der Waals surface area contributed by atoms with Gasteiger partial charge in [0.05, 0.1) is 6.04 Å². The highest BCUT2D eigenvalue weighted by atomic mass is 16.5. The first-order chi connectivity index (χ1) is 16.5. The number of alkyl carbamates (subject to hydrolysis) is 1. The summed E-state index contributed by atoms with van der Waals surface area (Å²) in [6.07, 6.45) is -0.194. The van der Waals surface area contributed by atoms with Crippen LogP contribution in [0.3, 0.4) is 0 Å². The molecule has 1 aliphatic carbocycles. The van der Waals surface area contributed by atoms with Crippen molar-refractivity contribution < 1.29 is 29.0 Å². The topological polar surface area (TPSA) is 114 Å². The van der Waals surface area contributed by atoms with Crippen molar-refractivity contribution in [2.24, 2.45) is 5.92 Å². The summed E-state index contributed by atoms with van der Waals surface area (Å²) < 4.78 is 10.7. The molecule has 0 saturated carbocycles. The van der Waals surface area contributed by atoms with E-state index < -0.39 is 24.2 Å². The summed E-state index contributed by atoms with van der Waals surface area (Å²) in [5, 5.41) is 14.7. The zero-order valence-electron chi connectivity index (χ0n) is 19.2. The predicted octanol–water partition coefficient (Wildman–Crippen LogP) is 3.30. The van der Waals surface area contributed by atoms with Crippen LogP contribution in [0.2, 0.25) is 0 Å².